The van der Waals surface area contributed by atoms with Gasteiger partial charge in [-0.15, -0.1) is 0 Å². The number of carbonyl (C=O) groups is 2. The summed E-state index contributed by atoms with van der Waals surface area (Å²) in [6, 6.07) is 2.22. The standard InChI is InChI=1S/C18H28N6O3/c1-3-27-18(26)24-6-4-15(5-7-24)20-16-12-14(2)19-17(21-16)23-10-8-22(13-25)9-11-23/h12-13,15H,3-11H2,1-2H3,(H,19,20,21). The van der Waals surface area contributed by atoms with Crippen LogP contribution in [0.5, 0.6) is 0 Å². The summed E-state index contributed by atoms with van der Waals surface area (Å²) in [6.07, 6.45) is 2.37. The molecule has 2 aliphatic rings. The molecule has 9 heteroatoms. The number of nitrogens with zero attached hydrogens (tertiary/aromatic N) is 5. The first kappa shape index (κ1) is 19.2. The quantitative estimate of drug-likeness (QED) is 0.770. The minimum absolute atomic E-state index is 0.231. The first-order valence-electron chi connectivity index (χ1n) is 9.57. The first-order chi connectivity index (χ1) is 13.1. The maximum Gasteiger partial charge on any atom is 0.409 e. The summed E-state index contributed by atoms with van der Waals surface area (Å²) in [5.74, 6) is 1.51. The Balaban J connectivity index is 1.57. The molecular weight excluding hydrogens is 348 g/mol. The van der Waals surface area contributed by atoms with Crippen molar-refractivity contribution in [2.24, 2.45) is 0 Å². The lowest BCUT2D eigenvalue weighted by molar-refractivity contribution is -0.118. The number of ether oxygens (including phenoxy) is 1. The van der Waals surface area contributed by atoms with E-state index in [0.717, 1.165) is 43.9 Å². The van der Waals surface area contributed by atoms with E-state index in [9.17, 15) is 9.59 Å². The number of piperidine rings is 1. The number of hydrogen-bond donors (Lipinski definition) is 1. The molecule has 2 aliphatic heterocycles. The van der Waals surface area contributed by atoms with E-state index < -0.39 is 0 Å². The zero-order chi connectivity index (χ0) is 19.2. The van der Waals surface area contributed by atoms with E-state index in [-0.39, 0.29) is 12.1 Å². The zero-order valence-electron chi connectivity index (χ0n) is 16.1. The largest absolute Gasteiger partial charge is 0.450 e. The van der Waals surface area contributed by atoms with Crippen LogP contribution >= 0.6 is 0 Å². The van der Waals surface area contributed by atoms with Crippen molar-refractivity contribution >= 4 is 24.3 Å². The molecule has 2 saturated heterocycles. The predicted molar refractivity (Wildman–Crippen MR) is 102 cm³/mol. The predicted octanol–water partition coefficient (Wildman–Crippen LogP) is 1.10. The monoisotopic (exact) mass is 376 g/mol. The maximum absolute atomic E-state index is 11.8. The number of aryl methyl sites for hydroxylation is 1. The topological polar surface area (TPSA) is 90.9 Å². The molecule has 3 rings (SSSR count). The van der Waals surface area contributed by atoms with Gasteiger partial charge in [0, 0.05) is 57.1 Å². The average molecular weight is 376 g/mol. The van der Waals surface area contributed by atoms with E-state index in [2.05, 4.69) is 20.2 Å². The second-order valence-corrected chi connectivity index (χ2v) is 6.93. The molecule has 1 N–H and O–H groups in total. The zero-order valence-corrected chi connectivity index (χ0v) is 16.1. The molecule has 0 saturated carbocycles. The highest BCUT2D eigenvalue weighted by atomic mass is 16.6. The van der Waals surface area contributed by atoms with Crippen molar-refractivity contribution < 1.29 is 14.3 Å². The molecule has 148 valence electrons. The number of amides is 2. The van der Waals surface area contributed by atoms with Crippen LogP contribution in [0.4, 0.5) is 16.6 Å². The molecule has 0 atom stereocenters. The second-order valence-electron chi connectivity index (χ2n) is 6.93. The van der Waals surface area contributed by atoms with Crippen LogP contribution in [0.3, 0.4) is 0 Å². The molecule has 0 aromatic carbocycles. The van der Waals surface area contributed by atoms with Gasteiger partial charge in [-0.3, -0.25) is 4.79 Å². The van der Waals surface area contributed by atoms with Crippen molar-refractivity contribution in [3.63, 3.8) is 0 Å². The third-order valence-corrected chi connectivity index (χ3v) is 4.96. The average Bonchev–Trinajstić information content (AvgIpc) is 2.68. The molecule has 2 fully saturated rings. The van der Waals surface area contributed by atoms with Gasteiger partial charge in [-0.1, -0.05) is 0 Å². The molecule has 0 radical (unpaired) electrons. The Bertz CT molecular complexity index is 654. The van der Waals surface area contributed by atoms with Gasteiger partial charge in [-0.25, -0.2) is 9.78 Å². The summed E-state index contributed by atoms with van der Waals surface area (Å²) in [4.78, 5) is 37.5. The number of likely N-dealkylation sites (tertiary alicyclic amines) is 1. The Morgan fingerprint density at radius 2 is 1.93 bits per heavy atom. The van der Waals surface area contributed by atoms with Crippen LogP contribution in [0.15, 0.2) is 6.07 Å². The van der Waals surface area contributed by atoms with E-state index in [0.29, 0.717) is 38.7 Å². The highest BCUT2D eigenvalue weighted by Gasteiger charge is 2.24. The van der Waals surface area contributed by atoms with Gasteiger partial charge in [0.2, 0.25) is 12.4 Å². The van der Waals surface area contributed by atoms with E-state index in [1.807, 2.05) is 19.9 Å². The molecule has 0 bridgehead atoms. The fourth-order valence-corrected chi connectivity index (χ4v) is 3.43. The maximum atomic E-state index is 11.8. The van der Waals surface area contributed by atoms with Crippen LogP contribution in [0, 0.1) is 6.92 Å². The van der Waals surface area contributed by atoms with Crippen molar-refractivity contribution in [2.75, 3.05) is 56.1 Å². The Kier molecular flexibility index (Phi) is 6.31. The van der Waals surface area contributed by atoms with Crippen LogP contribution in [0.1, 0.15) is 25.5 Å². The molecule has 2 amide bonds. The molecular formula is C18H28N6O3. The third-order valence-electron chi connectivity index (χ3n) is 4.96. The molecule has 1 aromatic rings. The molecule has 0 aliphatic carbocycles. The Morgan fingerprint density at radius 1 is 1.22 bits per heavy atom. The lowest BCUT2D eigenvalue weighted by Crippen LogP contribution is -2.46. The number of rotatable bonds is 5. The van der Waals surface area contributed by atoms with Crippen molar-refractivity contribution in [2.45, 2.75) is 32.7 Å². The minimum Gasteiger partial charge on any atom is -0.450 e. The number of anilines is 2. The molecule has 9 nitrogen and oxygen atoms in total. The molecule has 0 spiro atoms. The van der Waals surface area contributed by atoms with E-state index in [1.54, 1.807) is 9.80 Å². The van der Waals surface area contributed by atoms with Gasteiger partial charge in [-0.2, -0.15) is 4.98 Å². The first-order valence-corrected chi connectivity index (χ1v) is 9.57. The minimum atomic E-state index is -0.231. The fourth-order valence-electron chi connectivity index (χ4n) is 3.43. The van der Waals surface area contributed by atoms with E-state index in [1.165, 1.54) is 0 Å². The Hall–Kier alpha value is -2.58. The van der Waals surface area contributed by atoms with E-state index in [4.69, 9.17) is 4.74 Å². The summed E-state index contributed by atoms with van der Waals surface area (Å²) >= 11 is 0. The summed E-state index contributed by atoms with van der Waals surface area (Å²) in [5.41, 5.74) is 0.907. The molecule has 1 aromatic heterocycles. The summed E-state index contributed by atoms with van der Waals surface area (Å²) in [5, 5.41) is 3.49. The number of piperazine rings is 1. The van der Waals surface area contributed by atoms with Gasteiger partial charge in [0.15, 0.2) is 0 Å². The number of carbonyl (C=O) groups excluding carboxylic acids is 2. The Labute approximate surface area is 159 Å². The fraction of sp³-hybridized carbons (Fsp3) is 0.667. The summed E-state index contributed by atoms with van der Waals surface area (Å²) < 4.78 is 5.06. The van der Waals surface area contributed by atoms with Gasteiger partial charge >= 0.3 is 6.09 Å². The molecule has 0 unspecified atom stereocenters. The van der Waals surface area contributed by atoms with E-state index >= 15 is 0 Å². The van der Waals surface area contributed by atoms with Crippen molar-refractivity contribution in [1.82, 2.24) is 19.8 Å². The van der Waals surface area contributed by atoms with Gasteiger partial charge in [0.05, 0.1) is 6.61 Å². The van der Waals surface area contributed by atoms with Crippen LogP contribution in [0.25, 0.3) is 0 Å². The van der Waals surface area contributed by atoms with Crippen molar-refractivity contribution in [3.8, 4) is 0 Å². The van der Waals surface area contributed by atoms with Crippen LogP contribution in [-0.2, 0) is 9.53 Å². The lowest BCUT2D eigenvalue weighted by atomic mass is 10.1. The number of aromatic nitrogens is 2. The molecule has 27 heavy (non-hydrogen) atoms. The number of hydrogen-bond acceptors (Lipinski definition) is 7. The van der Waals surface area contributed by atoms with Crippen molar-refractivity contribution in [3.05, 3.63) is 11.8 Å². The van der Waals surface area contributed by atoms with Gasteiger partial charge in [0.1, 0.15) is 5.82 Å². The Morgan fingerprint density at radius 3 is 2.56 bits per heavy atom. The second kappa shape index (κ2) is 8.88. The van der Waals surface area contributed by atoms with Crippen LogP contribution in [-0.4, -0.2) is 84.2 Å². The molecule has 3 heterocycles. The third kappa shape index (κ3) is 4.99. The normalized spacial score (nSPS) is 18.4. The summed E-state index contributed by atoms with van der Waals surface area (Å²) in [7, 11) is 0. The van der Waals surface area contributed by atoms with Gasteiger partial charge < -0.3 is 24.8 Å². The summed E-state index contributed by atoms with van der Waals surface area (Å²) in [6.45, 7) is 8.40. The highest BCUT2D eigenvalue weighted by Crippen LogP contribution is 2.19. The lowest BCUT2D eigenvalue weighted by Gasteiger charge is -2.33. The SMILES string of the molecule is CCOC(=O)N1CCC(Nc2cc(C)nc(N3CCN(C=O)CC3)n2)CC1. The van der Waals surface area contributed by atoms with Crippen LogP contribution in [0.2, 0.25) is 0 Å². The number of nitrogens with one attached hydrogen (secondary N) is 1. The highest BCUT2D eigenvalue weighted by molar-refractivity contribution is 5.67. The van der Waals surface area contributed by atoms with Crippen molar-refractivity contribution in [1.29, 1.82) is 0 Å². The smallest absolute Gasteiger partial charge is 0.409 e. The van der Waals surface area contributed by atoms with Crippen LogP contribution < -0.4 is 10.2 Å². The van der Waals surface area contributed by atoms with Gasteiger partial charge in [0.25, 0.3) is 0 Å². The van der Waals surface area contributed by atoms with Gasteiger partial charge in [-0.05, 0) is 26.7 Å².